The molecule has 61 heavy (non-hydrogen) atoms. The number of nitrogens with zero attached hydrogens (tertiary/aromatic N) is 7. The summed E-state index contributed by atoms with van der Waals surface area (Å²) in [5, 5.41) is 6.90. The second-order valence-electron chi connectivity index (χ2n) is 14.7. The van der Waals surface area contributed by atoms with E-state index in [1.54, 1.807) is 48.8 Å². The van der Waals surface area contributed by atoms with Crippen molar-refractivity contribution in [3.05, 3.63) is 93.8 Å². The van der Waals surface area contributed by atoms with Crippen LogP contribution in [0.25, 0.3) is 34.7 Å². The van der Waals surface area contributed by atoms with Crippen LogP contribution in [0, 0.1) is 17.6 Å². The zero-order valence-corrected chi connectivity index (χ0v) is 34.4. The molecular weight excluding hydrogens is 827 g/mol. The summed E-state index contributed by atoms with van der Waals surface area (Å²) in [4.78, 5) is 83.1. The molecule has 6 heterocycles. The first-order valence-corrected chi connectivity index (χ1v) is 21.4. The highest BCUT2D eigenvalue weighted by molar-refractivity contribution is 8.18. The van der Waals surface area contributed by atoms with Crippen molar-refractivity contribution in [2.75, 3.05) is 62.2 Å². The van der Waals surface area contributed by atoms with Gasteiger partial charge in [0.05, 0.1) is 46.0 Å². The van der Waals surface area contributed by atoms with Crippen molar-refractivity contribution in [3.8, 4) is 22.5 Å². The van der Waals surface area contributed by atoms with E-state index in [0.717, 1.165) is 88.5 Å². The van der Waals surface area contributed by atoms with Gasteiger partial charge in [-0.05, 0) is 103 Å². The van der Waals surface area contributed by atoms with Gasteiger partial charge in [-0.1, -0.05) is 12.1 Å². The van der Waals surface area contributed by atoms with E-state index in [1.165, 1.54) is 24.5 Å². The molecule has 9 rings (SSSR count). The summed E-state index contributed by atoms with van der Waals surface area (Å²) in [6.45, 7) is 6.25. The molecule has 19 heteroatoms. The van der Waals surface area contributed by atoms with Gasteiger partial charge in [0.2, 0.25) is 5.91 Å². The van der Waals surface area contributed by atoms with Crippen molar-refractivity contribution in [2.24, 2.45) is 5.92 Å². The maximum atomic E-state index is 14.7. The Labute approximate surface area is 357 Å². The Kier molecular flexibility index (Phi) is 12.8. The Balaban J connectivity index is 0.000000171. The minimum Gasteiger partial charge on any atom is -0.354 e. The Morgan fingerprint density at radius 3 is 1.72 bits per heavy atom. The topological polar surface area (TPSA) is 183 Å². The van der Waals surface area contributed by atoms with E-state index in [0.29, 0.717) is 52.8 Å². The smallest absolute Gasteiger partial charge is 0.290 e. The van der Waals surface area contributed by atoms with Crippen LogP contribution < -0.4 is 25.8 Å². The molecule has 0 bridgehead atoms. The van der Waals surface area contributed by atoms with Crippen LogP contribution in [0.2, 0.25) is 0 Å². The van der Waals surface area contributed by atoms with E-state index in [4.69, 9.17) is 0 Å². The summed E-state index contributed by atoms with van der Waals surface area (Å²) in [6.07, 6.45) is 13.3. The number of hydrogen-bond donors (Lipinski definition) is 3. The molecule has 2 aromatic heterocycles. The van der Waals surface area contributed by atoms with E-state index in [9.17, 15) is 32.8 Å². The Hall–Kier alpha value is -6.05. The van der Waals surface area contributed by atoms with Gasteiger partial charge in [0.1, 0.15) is 23.3 Å². The molecule has 0 radical (unpaired) electrons. The molecule has 5 aliphatic rings. The highest BCUT2D eigenvalue weighted by Crippen LogP contribution is 2.33. The molecule has 1 saturated carbocycles. The SMILES string of the molecule is O=C1NC(=O)/C(=C/c2ccc(F)c(-c3cncc(N4CCCN(C(=O)C5CC5)CC4)n3)c2)S1.O=C1NC(=O)/C(=C/c2ccc(F)c(-c3cncc(N4CCCNCC4)n3)c2)S1. The number of carbonyl (C=O) groups is 5. The van der Waals surface area contributed by atoms with Crippen molar-refractivity contribution < 1.29 is 32.8 Å². The number of amides is 5. The number of imide groups is 2. The lowest BCUT2D eigenvalue weighted by Crippen LogP contribution is -2.36. The monoisotopic (exact) mass is 866 g/mol. The molecule has 3 N–H and O–H groups in total. The number of thioether (sulfide) groups is 2. The van der Waals surface area contributed by atoms with Crippen molar-refractivity contribution >= 4 is 75.5 Å². The fourth-order valence-corrected chi connectivity index (χ4v) is 8.47. The van der Waals surface area contributed by atoms with Gasteiger partial charge in [0.25, 0.3) is 22.3 Å². The maximum absolute atomic E-state index is 14.7. The first-order valence-electron chi connectivity index (χ1n) is 19.8. The van der Waals surface area contributed by atoms with E-state index in [1.807, 2.05) is 4.90 Å². The number of halogens is 2. The Bertz CT molecular complexity index is 2460. The quantitative estimate of drug-likeness (QED) is 0.199. The average Bonchev–Trinajstić information content (AvgIpc) is 4.08. The minimum absolute atomic E-state index is 0.205. The molecule has 314 valence electrons. The van der Waals surface area contributed by atoms with Crippen LogP contribution in [0.3, 0.4) is 0 Å². The normalized spacial score (nSPS) is 19.7. The molecule has 5 amide bonds. The fraction of sp³-hybridized carbons (Fsp3) is 0.310. The van der Waals surface area contributed by atoms with Gasteiger partial charge < -0.3 is 20.0 Å². The van der Waals surface area contributed by atoms with Gasteiger partial charge in [-0.3, -0.25) is 44.6 Å². The van der Waals surface area contributed by atoms with Crippen molar-refractivity contribution in [1.29, 1.82) is 0 Å². The summed E-state index contributed by atoms with van der Waals surface area (Å²) < 4.78 is 29.2. The lowest BCUT2D eigenvalue weighted by atomic mass is 10.1. The van der Waals surface area contributed by atoms with Crippen molar-refractivity contribution in [3.63, 3.8) is 0 Å². The van der Waals surface area contributed by atoms with Crippen LogP contribution in [0.15, 0.2) is 71.0 Å². The Morgan fingerprint density at radius 2 is 1.20 bits per heavy atom. The summed E-state index contributed by atoms with van der Waals surface area (Å²) in [5.41, 5.74) is 2.54. The number of anilines is 2. The van der Waals surface area contributed by atoms with Gasteiger partial charge in [0.15, 0.2) is 0 Å². The fourth-order valence-electron chi connectivity index (χ4n) is 7.11. The third-order valence-corrected chi connectivity index (χ3v) is 12.0. The highest BCUT2D eigenvalue weighted by Gasteiger charge is 2.34. The second kappa shape index (κ2) is 18.7. The molecule has 5 fully saturated rings. The first-order chi connectivity index (χ1) is 29.6. The van der Waals surface area contributed by atoms with E-state index < -0.39 is 33.9 Å². The number of carbonyl (C=O) groups excluding carboxylic acids is 5. The molecular formula is C42H40F2N10O5S2. The molecule has 2 aromatic carbocycles. The molecule has 0 atom stereocenters. The molecule has 0 unspecified atom stereocenters. The van der Waals surface area contributed by atoms with Crippen LogP contribution in [0.1, 0.15) is 36.8 Å². The highest BCUT2D eigenvalue weighted by atomic mass is 32.2. The number of benzene rings is 2. The zero-order valence-electron chi connectivity index (χ0n) is 32.7. The summed E-state index contributed by atoms with van der Waals surface area (Å²) in [7, 11) is 0. The Morgan fingerprint density at radius 1 is 0.656 bits per heavy atom. The number of aromatic nitrogens is 4. The predicted octanol–water partition coefficient (Wildman–Crippen LogP) is 5.46. The summed E-state index contributed by atoms with van der Waals surface area (Å²) in [6, 6.07) is 8.93. The molecule has 1 aliphatic carbocycles. The van der Waals surface area contributed by atoms with Gasteiger partial charge in [0, 0.05) is 62.9 Å². The van der Waals surface area contributed by atoms with Gasteiger partial charge in [-0.2, -0.15) is 0 Å². The predicted molar refractivity (Wildman–Crippen MR) is 229 cm³/mol. The largest absolute Gasteiger partial charge is 0.354 e. The molecule has 4 aromatic rings. The van der Waals surface area contributed by atoms with Crippen LogP contribution in [0.5, 0.6) is 0 Å². The standard InChI is InChI=1S/C23H22FN5O3S.C19H18FN5O2S/c24-17-5-2-14(11-19-21(30)27-23(32)33-19)10-16(17)18-12-25-13-20(26-18)28-6-1-7-29(9-8-28)22(31)15-3-4-15;20-14-3-2-12(9-16-18(26)24-19(27)28-16)8-13(14)15-10-22-11-17(23-15)25-6-1-4-21-5-7-25/h2,5,10-13,15H,1,3-4,6-9H2,(H,27,30,32);2-3,8-11,21H,1,4-7H2,(H,24,26,27)/b19-11-;16-9-. The number of nitrogens with one attached hydrogen (secondary N) is 3. The number of rotatable bonds is 7. The summed E-state index contributed by atoms with van der Waals surface area (Å²) >= 11 is 1.64. The van der Waals surface area contributed by atoms with E-state index in [-0.39, 0.29) is 27.2 Å². The van der Waals surface area contributed by atoms with E-state index in [2.05, 4.69) is 45.7 Å². The zero-order chi connectivity index (χ0) is 42.5. The average molecular weight is 867 g/mol. The molecule has 15 nitrogen and oxygen atoms in total. The molecule has 4 aliphatic heterocycles. The lowest BCUT2D eigenvalue weighted by Gasteiger charge is -2.23. The minimum atomic E-state index is -0.465. The molecule has 0 spiro atoms. The van der Waals surface area contributed by atoms with E-state index >= 15 is 0 Å². The van der Waals surface area contributed by atoms with Crippen molar-refractivity contribution in [2.45, 2.75) is 25.7 Å². The lowest BCUT2D eigenvalue weighted by molar-refractivity contribution is -0.132. The van der Waals surface area contributed by atoms with Crippen molar-refractivity contribution in [1.82, 2.24) is 40.8 Å². The maximum Gasteiger partial charge on any atom is 0.290 e. The van der Waals surface area contributed by atoms with Crippen LogP contribution >= 0.6 is 23.5 Å². The second-order valence-corrected chi connectivity index (χ2v) is 16.8. The van der Waals surface area contributed by atoms with Crippen LogP contribution in [-0.2, 0) is 14.4 Å². The van der Waals surface area contributed by atoms with Gasteiger partial charge in [-0.25, -0.2) is 18.7 Å². The van der Waals surface area contributed by atoms with Crippen LogP contribution in [-0.4, -0.2) is 105 Å². The van der Waals surface area contributed by atoms with Gasteiger partial charge >= 0.3 is 0 Å². The van der Waals surface area contributed by atoms with Gasteiger partial charge in [-0.15, -0.1) is 0 Å². The third kappa shape index (κ3) is 10.3. The molecule has 4 saturated heterocycles. The first kappa shape index (κ1) is 41.7. The summed E-state index contributed by atoms with van der Waals surface area (Å²) in [5.74, 6) is 0.00193. The third-order valence-electron chi connectivity index (χ3n) is 10.4. The number of hydrogen-bond acceptors (Lipinski definition) is 14. The van der Waals surface area contributed by atoms with Crippen LogP contribution in [0.4, 0.5) is 30.0 Å².